The van der Waals surface area contributed by atoms with Gasteiger partial charge in [0.2, 0.25) is 0 Å². The predicted molar refractivity (Wildman–Crippen MR) is 120 cm³/mol. The van der Waals surface area contributed by atoms with Crippen molar-refractivity contribution in [1.82, 2.24) is 15.0 Å². The van der Waals surface area contributed by atoms with Crippen molar-refractivity contribution < 1.29 is 4.79 Å². The van der Waals surface area contributed by atoms with Crippen LogP contribution in [0, 0.1) is 0 Å². The molecule has 5 nitrogen and oxygen atoms in total. The number of para-hydroxylation sites is 2. The Morgan fingerprint density at radius 1 is 0.800 bits per heavy atom. The van der Waals surface area contributed by atoms with Gasteiger partial charge in [0.25, 0.3) is 5.91 Å². The number of hydrogen-bond donors (Lipinski definition) is 1. The third-order valence-electron chi connectivity index (χ3n) is 4.62. The number of carbonyl (C=O) groups is 1. The standard InChI is InChI=1S/C24H16N4OS/c29-23(21-14-25-19-11-4-5-12-20(19)27-21)26-18-10-6-9-17(13-18)22-15-30-24(28-22)16-7-2-1-3-8-16/h1-15H,(H,26,29). The molecule has 6 heteroatoms. The number of nitrogens with zero attached hydrogens (tertiary/aromatic N) is 3. The lowest BCUT2D eigenvalue weighted by Crippen LogP contribution is -2.14. The number of thiazole rings is 1. The molecule has 5 rings (SSSR count). The van der Waals surface area contributed by atoms with Crippen molar-refractivity contribution in [3.8, 4) is 21.8 Å². The van der Waals surface area contributed by atoms with Crippen molar-refractivity contribution in [3.63, 3.8) is 0 Å². The van der Waals surface area contributed by atoms with E-state index >= 15 is 0 Å². The van der Waals surface area contributed by atoms with Gasteiger partial charge in [0.1, 0.15) is 10.7 Å². The van der Waals surface area contributed by atoms with Gasteiger partial charge in [-0.2, -0.15) is 0 Å². The average Bonchev–Trinajstić information content (AvgIpc) is 3.30. The molecule has 144 valence electrons. The van der Waals surface area contributed by atoms with E-state index in [9.17, 15) is 4.79 Å². The number of anilines is 1. The summed E-state index contributed by atoms with van der Waals surface area (Å²) in [4.78, 5) is 26.1. The van der Waals surface area contributed by atoms with Crippen molar-refractivity contribution in [1.29, 1.82) is 0 Å². The fourth-order valence-corrected chi connectivity index (χ4v) is 3.97. The summed E-state index contributed by atoms with van der Waals surface area (Å²) in [6.07, 6.45) is 1.49. The summed E-state index contributed by atoms with van der Waals surface area (Å²) in [5, 5.41) is 5.90. The highest BCUT2D eigenvalue weighted by Gasteiger charge is 2.11. The molecule has 2 heterocycles. The zero-order chi connectivity index (χ0) is 20.3. The molecule has 3 aromatic carbocycles. The van der Waals surface area contributed by atoms with Gasteiger partial charge in [-0.3, -0.25) is 9.78 Å². The van der Waals surface area contributed by atoms with E-state index in [1.807, 2.05) is 84.2 Å². The summed E-state index contributed by atoms with van der Waals surface area (Å²) in [5.74, 6) is -0.298. The smallest absolute Gasteiger partial charge is 0.275 e. The lowest BCUT2D eigenvalue weighted by atomic mass is 10.1. The maximum absolute atomic E-state index is 12.7. The first-order valence-corrected chi connectivity index (χ1v) is 10.3. The van der Waals surface area contributed by atoms with Gasteiger partial charge in [-0.05, 0) is 24.3 Å². The van der Waals surface area contributed by atoms with Crippen LogP contribution in [0.5, 0.6) is 0 Å². The van der Waals surface area contributed by atoms with Crippen LogP contribution in [0.15, 0.2) is 90.4 Å². The average molecular weight is 408 g/mol. The van der Waals surface area contributed by atoms with Crippen molar-refractivity contribution in [3.05, 3.63) is 96.1 Å². The third kappa shape index (κ3) is 3.68. The van der Waals surface area contributed by atoms with E-state index < -0.39 is 0 Å². The second-order valence-corrected chi connectivity index (χ2v) is 7.54. The molecule has 0 fully saturated rings. The van der Waals surface area contributed by atoms with E-state index in [1.165, 1.54) is 6.20 Å². The largest absolute Gasteiger partial charge is 0.321 e. The second-order valence-electron chi connectivity index (χ2n) is 6.68. The molecular formula is C24H16N4OS. The minimum atomic E-state index is -0.298. The molecule has 0 saturated heterocycles. The Morgan fingerprint density at radius 3 is 2.43 bits per heavy atom. The Bertz CT molecular complexity index is 1350. The molecule has 0 aliphatic heterocycles. The van der Waals surface area contributed by atoms with Crippen LogP contribution in [-0.2, 0) is 0 Å². The Balaban J connectivity index is 1.38. The Labute approximate surface area is 177 Å². The van der Waals surface area contributed by atoms with Crippen LogP contribution in [0.3, 0.4) is 0 Å². The summed E-state index contributed by atoms with van der Waals surface area (Å²) < 4.78 is 0. The van der Waals surface area contributed by atoms with Crippen molar-refractivity contribution in [2.24, 2.45) is 0 Å². The predicted octanol–water partition coefficient (Wildman–Crippen LogP) is 5.67. The maximum Gasteiger partial charge on any atom is 0.275 e. The van der Waals surface area contributed by atoms with Gasteiger partial charge in [-0.1, -0.05) is 54.6 Å². The van der Waals surface area contributed by atoms with Gasteiger partial charge in [0, 0.05) is 22.2 Å². The minimum absolute atomic E-state index is 0.277. The van der Waals surface area contributed by atoms with Gasteiger partial charge in [0.15, 0.2) is 0 Å². The van der Waals surface area contributed by atoms with Crippen LogP contribution in [0.2, 0.25) is 0 Å². The second kappa shape index (κ2) is 7.85. The fourth-order valence-electron chi connectivity index (χ4n) is 3.14. The highest BCUT2D eigenvalue weighted by atomic mass is 32.1. The molecule has 0 atom stereocenters. The molecule has 1 amide bonds. The van der Waals surface area contributed by atoms with Gasteiger partial charge < -0.3 is 5.32 Å². The highest BCUT2D eigenvalue weighted by Crippen LogP contribution is 2.29. The van der Waals surface area contributed by atoms with Gasteiger partial charge >= 0.3 is 0 Å². The first-order valence-electron chi connectivity index (χ1n) is 9.41. The quantitative estimate of drug-likeness (QED) is 0.416. The summed E-state index contributed by atoms with van der Waals surface area (Å²) in [6, 6.07) is 25.2. The number of hydrogen-bond acceptors (Lipinski definition) is 5. The fraction of sp³-hybridized carbons (Fsp3) is 0. The molecule has 5 aromatic rings. The summed E-state index contributed by atoms with van der Waals surface area (Å²) in [5.41, 5.74) is 5.31. The number of nitrogens with one attached hydrogen (secondary N) is 1. The van der Waals surface area contributed by atoms with E-state index in [-0.39, 0.29) is 11.6 Å². The zero-order valence-electron chi connectivity index (χ0n) is 15.8. The molecule has 2 aromatic heterocycles. The molecule has 0 bridgehead atoms. The van der Waals surface area contributed by atoms with Crippen LogP contribution in [-0.4, -0.2) is 20.9 Å². The molecular weight excluding hydrogens is 392 g/mol. The number of aromatic nitrogens is 3. The summed E-state index contributed by atoms with van der Waals surface area (Å²) in [6.45, 7) is 0. The van der Waals surface area contributed by atoms with E-state index in [1.54, 1.807) is 11.3 Å². The molecule has 0 unspecified atom stereocenters. The van der Waals surface area contributed by atoms with Crippen molar-refractivity contribution in [2.45, 2.75) is 0 Å². The van der Waals surface area contributed by atoms with Crippen LogP contribution >= 0.6 is 11.3 Å². The highest BCUT2D eigenvalue weighted by molar-refractivity contribution is 7.13. The number of rotatable bonds is 4. The molecule has 0 aliphatic carbocycles. The molecule has 1 N–H and O–H groups in total. The molecule has 0 aliphatic rings. The number of fused-ring (bicyclic) bond motifs is 1. The van der Waals surface area contributed by atoms with E-state index in [4.69, 9.17) is 4.98 Å². The van der Waals surface area contributed by atoms with Gasteiger partial charge in [-0.25, -0.2) is 9.97 Å². The Kier molecular flexibility index (Phi) is 4.75. The number of amides is 1. The first kappa shape index (κ1) is 18.1. The van der Waals surface area contributed by atoms with E-state index in [2.05, 4.69) is 15.3 Å². The normalized spacial score (nSPS) is 10.8. The first-order chi connectivity index (χ1) is 14.8. The van der Waals surface area contributed by atoms with Crippen LogP contribution in [0.1, 0.15) is 10.5 Å². The third-order valence-corrected chi connectivity index (χ3v) is 5.51. The van der Waals surface area contributed by atoms with Crippen molar-refractivity contribution in [2.75, 3.05) is 5.32 Å². The number of carbonyl (C=O) groups excluding carboxylic acids is 1. The van der Waals surface area contributed by atoms with Crippen LogP contribution in [0.4, 0.5) is 5.69 Å². The van der Waals surface area contributed by atoms with Gasteiger partial charge in [0.05, 0.1) is 22.9 Å². The Morgan fingerprint density at radius 2 is 1.57 bits per heavy atom. The Hall–Kier alpha value is -3.90. The number of benzene rings is 3. The maximum atomic E-state index is 12.7. The monoisotopic (exact) mass is 408 g/mol. The lowest BCUT2D eigenvalue weighted by Gasteiger charge is -2.07. The molecule has 0 radical (unpaired) electrons. The van der Waals surface area contributed by atoms with Crippen LogP contribution in [0.25, 0.3) is 32.9 Å². The van der Waals surface area contributed by atoms with Gasteiger partial charge in [-0.15, -0.1) is 11.3 Å². The summed E-state index contributed by atoms with van der Waals surface area (Å²) in [7, 11) is 0. The van der Waals surface area contributed by atoms with E-state index in [0.29, 0.717) is 11.2 Å². The topological polar surface area (TPSA) is 67.8 Å². The molecule has 0 saturated carbocycles. The minimum Gasteiger partial charge on any atom is -0.321 e. The molecule has 0 spiro atoms. The zero-order valence-corrected chi connectivity index (χ0v) is 16.6. The lowest BCUT2D eigenvalue weighted by molar-refractivity contribution is 0.102. The summed E-state index contributed by atoms with van der Waals surface area (Å²) >= 11 is 1.60. The molecule has 30 heavy (non-hydrogen) atoms. The van der Waals surface area contributed by atoms with E-state index in [0.717, 1.165) is 27.3 Å². The SMILES string of the molecule is O=C(Nc1cccc(-c2csc(-c3ccccc3)n2)c1)c1cnc2ccccc2n1. The van der Waals surface area contributed by atoms with Crippen LogP contribution < -0.4 is 5.32 Å². The van der Waals surface area contributed by atoms with Crippen molar-refractivity contribution >= 4 is 34.0 Å².